The van der Waals surface area contributed by atoms with Crippen LogP contribution in [0.3, 0.4) is 0 Å². The van der Waals surface area contributed by atoms with Crippen LogP contribution >= 0.6 is 0 Å². The Kier molecular flexibility index (Phi) is 7.27. The lowest BCUT2D eigenvalue weighted by atomic mass is 9.72. The predicted octanol–water partition coefficient (Wildman–Crippen LogP) is 7.97. The van der Waals surface area contributed by atoms with Gasteiger partial charge in [0, 0.05) is 16.9 Å². The van der Waals surface area contributed by atoms with Gasteiger partial charge in [-0.25, -0.2) is 0 Å². The minimum Gasteiger partial charge on any atom is -0.461 e. The van der Waals surface area contributed by atoms with Crippen molar-refractivity contribution in [1.82, 2.24) is 0 Å². The summed E-state index contributed by atoms with van der Waals surface area (Å²) in [5, 5.41) is 0. The molecule has 0 bridgehead atoms. The van der Waals surface area contributed by atoms with E-state index in [1.54, 1.807) is 0 Å². The Bertz CT molecular complexity index is 1200. The summed E-state index contributed by atoms with van der Waals surface area (Å²) in [7, 11) is 0. The number of rotatable bonds is 9. The third-order valence-electron chi connectivity index (χ3n) is 6.86. The highest BCUT2D eigenvalue weighted by atomic mass is 16.5. The first-order valence-electron chi connectivity index (χ1n) is 12.3. The molecule has 0 amide bonds. The van der Waals surface area contributed by atoms with Crippen molar-refractivity contribution in [3.8, 4) is 11.3 Å². The number of allylic oxidation sites excluding steroid dienone is 1. The molecule has 4 aromatic rings. The third kappa shape index (κ3) is 5.48. The second kappa shape index (κ2) is 10.9. The fourth-order valence-corrected chi connectivity index (χ4v) is 5.11. The quantitative estimate of drug-likeness (QED) is 0.235. The summed E-state index contributed by atoms with van der Waals surface area (Å²) in [4.78, 5) is 0. The summed E-state index contributed by atoms with van der Waals surface area (Å²) in [5.74, 6) is 1.91. The number of hydrogen-bond donors (Lipinski definition) is 0. The summed E-state index contributed by atoms with van der Waals surface area (Å²) in [6.45, 7) is 5.87. The van der Waals surface area contributed by atoms with Crippen molar-refractivity contribution < 1.29 is 13.9 Å². The maximum Gasteiger partial charge on any atom is 0.134 e. The second-order valence-electron chi connectivity index (χ2n) is 9.49. The van der Waals surface area contributed by atoms with Crippen LogP contribution in [0, 0.1) is 5.41 Å². The largest absolute Gasteiger partial charge is 0.461 e. The lowest BCUT2D eigenvalue weighted by Crippen LogP contribution is -2.40. The van der Waals surface area contributed by atoms with Crippen molar-refractivity contribution in [3.05, 3.63) is 133 Å². The first kappa shape index (κ1) is 23.3. The highest BCUT2D eigenvalue weighted by Crippen LogP contribution is 2.49. The summed E-state index contributed by atoms with van der Waals surface area (Å²) >= 11 is 0. The standard InChI is InChI=1S/C32H32O3/c1-2-20-32(23-33-22-25-12-6-3-7-13-25)21-28(31(34-24-32)27-16-10-5-11-17-27)30-19-18-29(35-30)26-14-8-4-9-15-26/h2-19,28,31H,1,20-24H2. The molecule has 2 heterocycles. The molecule has 0 saturated carbocycles. The highest BCUT2D eigenvalue weighted by Gasteiger charge is 2.44. The maximum absolute atomic E-state index is 6.63. The van der Waals surface area contributed by atoms with Gasteiger partial charge in [-0.15, -0.1) is 6.58 Å². The first-order valence-corrected chi connectivity index (χ1v) is 12.3. The SMILES string of the molecule is C=CCC1(COCc2ccccc2)COC(c2ccccc2)C(c2ccc(-c3ccccc3)o2)C1. The Morgan fingerprint density at radius 3 is 2.26 bits per heavy atom. The molecular formula is C32H32O3. The Hall–Kier alpha value is -3.40. The fourth-order valence-electron chi connectivity index (χ4n) is 5.11. The van der Waals surface area contributed by atoms with Crippen LogP contribution in [-0.4, -0.2) is 13.2 Å². The minimum absolute atomic E-state index is 0.0713. The van der Waals surface area contributed by atoms with E-state index >= 15 is 0 Å². The van der Waals surface area contributed by atoms with Crippen molar-refractivity contribution in [1.29, 1.82) is 0 Å². The molecule has 0 radical (unpaired) electrons. The van der Waals surface area contributed by atoms with Gasteiger partial charge in [0.25, 0.3) is 0 Å². The van der Waals surface area contributed by atoms with Crippen molar-refractivity contribution >= 4 is 0 Å². The van der Waals surface area contributed by atoms with E-state index in [2.05, 4.69) is 67.2 Å². The molecular weight excluding hydrogens is 432 g/mol. The van der Waals surface area contributed by atoms with E-state index in [9.17, 15) is 0 Å². The molecule has 0 N–H and O–H groups in total. The van der Waals surface area contributed by atoms with Crippen LogP contribution in [0.1, 0.15) is 41.8 Å². The molecule has 1 aromatic heterocycles. The van der Waals surface area contributed by atoms with E-state index in [0.29, 0.717) is 19.8 Å². The van der Waals surface area contributed by atoms with Crippen LogP contribution in [0.4, 0.5) is 0 Å². The van der Waals surface area contributed by atoms with Crippen LogP contribution < -0.4 is 0 Å². The monoisotopic (exact) mass is 464 g/mol. The Labute approximate surface area is 208 Å². The summed E-state index contributed by atoms with van der Waals surface area (Å²) < 4.78 is 19.3. The van der Waals surface area contributed by atoms with E-state index in [1.807, 2.05) is 48.5 Å². The van der Waals surface area contributed by atoms with Crippen molar-refractivity contribution in [2.75, 3.05) is 13.2 Å². The number of furan rings is 1. The van der Waals surface area contributed by atoms with Gasteiger partial charge in [0.05, 0.1) is 25.9 Å². The fraction of sp³-hybridized carbons (Fsp3) is 0.250. The van der Waals surface area contributed by atoms with Gasteiger partial charge in [-0.05, 0) is 36.1 Å². The lowest BCUT2D eigenvalue weighted by molar-refractivity contribution is -0.113. The molecule has 1 aliphatic rings. The van der Waals surface area contributed by atoms with E-state index in [-0.39, 0.29) is 17.4 Å². The Balaban J connectivity index is 1.42. The molecule has 0 spiro atoms. The van der Waals surface area contributed by atoms with Crippen LogP contribution in [-0.2, 0) is 16.1 Å². The molecule has 1 saturated heterocycles. The zero-order chi connectivity index (χ0) is 23.9. The molecule has 0 aliphatic carbocycles. The average Bonchev–Trinajstić information content (AvgIpc) is 3.41. The van der Waals surface area contributed by atoms with Crippen LogP contribution in [0.15, 0.2) is 120 Å². The van der Waals surface area contributed by atoms with Crippen molar-refractivity contribution in [2.45, 2.75) is 31.5 Å². The molecule has 5 rings (SSSR count). The highest BCUT2D eigenvalue weighted by molar-refractivity contribution is 5.57. The molecule has 1 aliphatic heterocycles. The zero-order valence-electron chi connectivity index (χ0n) is 20.0. The molecule has 35 heavy (non-hydrogen) atoms. The van der Waals surface area contributed by atoms with Crippen LogP contribution in [0.5, 0.6) is 0 Å². The zero-order valence-corrected chi connectivity index (χ0v) is 20.0. The van der Waals surface area contributed by atoms with Gasteiger partial charge < -0.3 is 13.9 Å². The van der Waals surface area contributed by atoms with E-state index in [0.717, 1.165) is 29.9 Å². The Morgan fingerprint density at radius 2 is 1.54 bits per heavy atom. The van der Waals surface area contributed by atoms with Gasteiger partial charge in [-0.3, -0.25) is 0 Å². The lowest BCUT2D eigenvalue weighted by Gasteiger charge is -2.43. The van der Waals surface area contributed by atoms with Gasteiger partial charge in [-0.1, -0.05) is 97.1 Å². The van der Waals surface area contributed by atoms with Crippen molar-refractivity contribution in [2.24, 2.45) is 5.41 Å². The van der Waals surface area contributed by atoms with Gasteiger partial charge >= 0.3 is 0 Å². The first-order chi connectivity index (χ1) is 17.3. The molecule has 3 heteroatoms. The molecule has 3 unspecified atom stereocenters. The topological polar surface area (TPSA) is 31.6 Å². The van der Waals surface area contributed by atoms with Gasteiger partial charge in [0.15, 0.2) is 0 Å². The molecule has 3 atom stereocenters. The smallest absolute Gasteiger partial charge is 0.134 e. The normalized spacial score (nSPS) is 22.1. The predicted molar refractivity (Wildman–Crippen MR) is 140 cm³/mol. The molecule has 3 nitrogen and oxygen atoms in total. The van der Waals surface area contributed by atoms with E-state index in [4.69, 9.17) is 13.9 Å². The summed E-state index contributed by atoms with van der Waals surface area (Å²) in [6, 6.07) is 35.2. The maximum atomic E-state index is 6.63. The minimum atomic E-state index is -0.161. The molecule has 1 fully saturated rings. The van der Waals surface area contributed by atoms with E-state index < -0.39 is 0 Å². The second-order valence-corrected chi connectivity index (χ2v) is 9.49. The van der Waals surface area contributed by atoms with Gasteiger partial charge in [0.1, 0.15) is 11.5 Å². The van der Waals surface area contributed by atoms with Crippen LogP contribution in [0.25, 0.3) is 11.3 Å². The van der Waals surface area contributed by atoms with Crippen molar-refractivity contribution in [3.63, 3.8) is 0 Å². The average molecular weight is 465 g/mol. The summed E-state index contributed by atoms with van der Waals surface area (Å²) in [6.07, 6.45) is 3.64. The number of benzene rings is 3. The van der Waals surface area contributed by atoms with Gasteiger partial charge in [0.2, 0.25) is 0 Å². The molecule has 3 aromatic carbocycles. The number of hydrogen-bond acceptors (Lipinski definition) is 3. The number of ether oxygens (including phenoxy) is 2. The summed E-state index contributed by atoms with van der Waals surface area (Å²) in [5.41, 5.74) is 3.27. The van der Waals surface area contributed by atoms with Gasteiger partial charge in [-0.2, -0.15) is 0 Å². The third-order valence-corrected chi connectivity index (χ3v) is 6.86. The van der Waals surface area contributed by atoms with Crippen LogP contribution in [0.2, 0.25) is 0 Å². The van der Waals surface area contributed by atoms with E-state index in [1.165, 1.54) is 11.1 Å². The Morgan fingerprint density at radius 1 is 0.857 bits per heavy atom. The molecule has 178 valence electrons.